The lowest BCUT2D eigenvalue weighted by Gasteiger charge is -2.25. The van der Waals surface area contributed by atoms with Crippen LogP contribution in [0.15, 0.2) is 18.2 Å². The maximum Gasteiger partial charge on any atom is 0.419 e. The molecule has 1 N–H and O–H groups in total. The largest absolute Gasteiger partial charge is 0.419 e. The van der Waals surface area contributed by atoms with Gasteiger partial charge in [-0.1, -0.05) is 13.0 Å². The van der Waals surface area contributed by atoms with Gasteiger partial charge in [0.15, 0.2) is 0 Å². The van der Waals surface area contributed by atoms with Crippen LogP contribution < -0.4 is 5.32 Å². The Morgan fingerprint density at radius 2 is 1.95 bits per heavy atom. The molecule has 1 aromatic carbocycles. The molecular formula is C13H17F4NO. The zero-order valence-corrected chi connectivity index (χ0v) is 11.0. The predicted octanol–water partition coefficient (Wildman–Crippen LogP) is 3.53. The molecule has 1 aromatic rings. The predicted molar refractivity (Wildman–Crippen MR) is 64.3 cm³/mol. The minimum Gasteiger partial charge on any atom is -0.380 e. The van der Waals surface area contributed by atoms with E-state index < -0.39 is 23.6 Å². The van der Waals surface area contributed by atoms with Crippen LogP contribution in [0, 0.1) is 5.82 Å². The van der Waals surface area contributed by atoms with Gasteiger partial charge in [-0.2, -0.15) is 13.2 Å². The number of nitrogens with one attached hydrogen (secondary N) is 1. The average Bonchev–Trinajstić information content (AvgIpc) is 2.34. The molecule has 0 aliphatic rings. The van der Waals surface area contributed by atoms with Crippen molar-refractivity contribution in [2.45, 2.75) is 32.2 Å². The molecular weight excluding hydrogens is 262 g/mol. The van der Waals surface area contributed by atoms with E-state index in [9.17, 15) is 17.6 Å². The molecule has 0 radical (unpaired) electrons. The molecule has 0 aromatic heterocycles. The number of rotatable bonds is 5. The molecule has 19 heavy (non-hydrogen) atoms. The molecule has 108 valence electrons. The highest BCUT2D eigenvalue weighted by atomic mass is 19.4. The Morgan fingerprint density at radius 1 is 1.32 bits per heavy atom. The number of ether oxygens (including phenoxy) is 1. The van der Waals surface area contributed by atoms with Crippen molar-refractivity contribution in [3.8, 4) is 0 Å². The Hall–Kier alpha value is -1.14. The molecule has 0 bridgehead atoms. The summed E-state index contributed by atoms with van der Waals surface area (Å²) in [5.74, 6) is -1.27. The number of methoxy groups -OCH3 is 1. The number of halogens is 4. The monoisotopic (exact) mass is 279 g/mol. The van der Waals surface area contributed by atoms with Crippen molar-refractivity contribution in [3.05, 3.63) is 35.1 Å². The molecule has 0 spiro atoms. The van der Waals surface area contributed by atoms with Crippen LogP contribution in [0.25, 0.3) is 0 Å². The minimum atomic E-state index is -4.70. The van der Waals surface area contributed by atoms with Crippen molar-refractivity contribution in [1.29, 1.82) is 0 Å². The highest BCUT2D eigenvalue weighted by Crippen LogP contribution is 2.33. The summed E-state index contributed by atoms with van der Waals surface area (Å²) < 4.78 is 56.4. The Labute approximate surface area is 109 Å². The number of alkyl halides is 3. The van der Waals surface area contributed by atoms with Gasteiger partial charge in [-0.15, -0.1) is 0 Å². The normalized spacial score (nSPS) is 15.3. The summed E-state index contributed by atoms with van der Waals surface area (Å²) in [6.45, 7) is 4.14. The first-order valence-electron chi connectivity index (χ1n) is 5.94. The molecule has 1 rings (SSSR count). The smallest absolute Gasteiger partial charge is 0.380 e. The van der Waals surface area contributed by atoms with Crippen LogP contribution in [-0.2, 0) is 10.9 Å². The first-order valence-corrected chi connectivity index (χ1v) is 5.94. The molecule has 0 aliphatic heterocycles. The van der Waals surface area contributed by atoms with E-state index >= 15 is 0 Å². The van der Waals surface area contributed by atoms with Crippen LogP contribution in [0.5, 0.6) is 0 Å². The third-order valence-electron chi connectivity index (χ3n) is 2.92. The summed E-state index contributed by atoms with van der Waals surface area (Å²) in [6, 6.07) is 2.59. The van der Waals surface area contributed by atoms with Crippen molar-refractivity contribution in [3.63, 3.8) is 0 Å². The summed E-state index contributed by atoms with van der Waals surface area (Å²) in [6.07, 6.45) is -5.03. The highest BCUT2D eigenvalue weighted by molar-refractivity contribution is 5.30. The van der Waals surface area contributed by atoms with Gasteiger partial charge in [-0.3, -0.25) is 0 Å². The standard InChI is InChI=1S/C13H17F4NO/c1-4-18-12(8(2)19-3)9-5-6-11(14)10(7-9)13(15,16)17/h5-8,12,18H,4H2,1-3H3. The Morgan fingerprint density at radius 3 is 2.42 bits per heavy atom. The van der Waals surface area contributed by atoms with E-state index in [1.165, 1.54) is 13.2 Å². The van der Waals surface area contributed by atoms with Crippen LogP contribution in [0.4, 0.5) is 17.6 Å². The van der Waals surface area contributed by atoms with Gasteiger partial charge in [0.1, 0.15) is 5.82 Å². The molecule has 0 saturated heterocycles. The Balaban J connectivity index is 3.18. The zero-order chi connectivity index (χ0) is 14.6. The van der Waals surface area contributed by atoms with Gasteiger partial charge >= 0.3 is 6.18 Å². The van der Waals surface area contributed by atoms with Crippen LogP contribution >= 0.6 is 0 Å². The van der Waals surface area contributed by atoms with E-state index in [-0.39, 0.29) is 6.10 Å². The second kappa shape index (κ2) is 6.34. The van der Waals surface area contributed by atoms with Gasteiger partial charge in [0.25, 0.3) is 0 Å². The first kappa shape index (κ1) is 15.9. The van der Waals surface area contributed by atoms with Gasteiger partial charge < -0.3 is 10.1 Å². The maximum atomic E-state index is 13.2. The van der Waals surface area contributed by atoms with E-state index in [0.717, 1.165) is 12.1 Å². The number of hydrogen-bond donors (Lipinski definition) is 1. The second-order valence-corrected chi connectivity index (χ2v) is 4.21. The van der Waals surface area contributed by atoms with Crippen molar-refractivity contribution in [2.24, 2.45) is 0 Å². The molecule has 0 heterocycles. The fourth-order valence-electron chi connectivity index (χ4n) is 1.86. The highest BCUT2D eigenvalue weighted by Gasteiger charge is 2.35. The van der Waals surface area contributed by atoms with Gasteiger partial charge in [0.05, 0.1) is 17.7 Å². The molecule has 0 amide bonds. The molecule has 0 aliphatic carbocycles. The summed E-state index contributed by atoms with van der Waals surface area (Å²) in [7, 11) is 1.48. The molecule has 2 unspecified atom stereocenters. The fraction of sp³-hybridized carbons (Fsp3) is 0.538. The maximum absolute atomic E-state index is 13.2. The van der Waals surface area contributed by atoms with Crippen LogP contribution in [-0.4, -0.2) is 19.8 Å². The van der Waals surface area contributed by atoms with Crippen molar-refractivity contribution in [1.82, 2.24) is 5.32 Å². The average molecular weight is 279 g/mol. The fourth-order valence-corrected chi connectivity index (χ4v) is 1.86. The summed E-state index contributed by atoms with van der Waals surface area (Å²) in [5.41, 5.74) is -0.902. The molecule has 0 fully saturated rings. The number of likely N-dealkylation sites (N-methyl/N-ethyl adjacent to an activating group) is 1. The van der Waals surface area contributed by atoms with Crippen molar-refractivity contribution < 1.29 is 22.3 Å². The van der Waals surface area contributed by atoms with Crippen LogP contribution in [0.3, 0.4) is 0 Å². The lowest BCUT2D eigenvalue weighted by atomic mass is 9.99. The molecule has 2 nitrogen and oxygen atoms in total. The van der Waals surface area contributed by atoms with Gasteiger partial charge in [0.2, 0.25) is 0 Å². The topological polar surface area (TPSA) is 21.3 Å². The van der Waals surface area contributed by atoms with E-state index in [1.807, 2.05) is 6.92 Å². The molecule has 2 atom stereocenters. The van der Waals surface area contributed by atoms with E-state index in [2.05, 4.69) is 5.32 Å². The van der Waals surface area contributed by atoms with E-state index in [4.69, 9.17) is 4.74 Å². The van der Waals surface area contributed by atoms with Gasteiger partial charge in [0, 0.05) is 7.11 Å². The Bertz CT molecular complexity index is 420. The minimum absolute atomic E-state index is 0.327. The van der Waals surface area contributed by atoms with E-state index in [1.54, 1.807) is 6.92 Å². The summed E-state index contributed by atoms with van der Waals surface area (Å²) in [4.78, 5) is 0. The Kier molecular flexibility index (Phi) is 5.31. The van der Waals surface area contributed by atoms with Crippen LogP contribution in [0.2, 0.25) is 0 Å². The quantitative estimate of drug-likeness (QED) is 0.833. The SMILES string of the molecule is CCNC(c1ccc(F)c(C(F)(F)F)c1)C(C)OC. The zero-order valence-electron chi connectivity index (χ0n) is 11.0. The van der Waals surface area contributed by atoms with Gasteiger partial charge in [-0.05, 0) is 31.2 Å². The first-order chi connectivity index (χ1) is 8.81. The second-order valence-electron chi connectivity index (χ2n) is 4.21. The third kappa shape index (κ3) is 3.91. The lowest BCUT2D eigenvalue weighted by Crippen LogP contribution is -2.31. The molecule has 0 saturated carbocycles. The molecule has 6 heteroatoms. The lowest BCUT2D eigenvalue weighted by molar-refractivity contribution is -0.140. The van der Waals surface area contributed by atoms with Crippen LogP contribution in [0.1, 0.15) is 31.0 Å². The number of hydrogen-bond acceptors (Lipinski definition) is 2. The van der Waals surface area contributed by atoms with E-state index in [0.29, 0.717) is 12.1 Å². The third-order valence-corrected chi connectivity index (χ3v) is 2.92. The number of benzene rings is 1. The van der Waals surface area contributed by atoms with Gasteiger partial charge in [-0.25, -0.2) is 4.39 Å². The van der Waals surface area contributed by atoms with Crippen molar-refractivity contribution >= 4 is 0 Å². The summed E-state index contributed by atoms with van der Waals surface area (Å²) in [5, 5.41) is 3.03. The summed E-state index contributed by atoms with van der Waals surface area (Å²) >= 11 is 0. The van der Waals surface area contributed by atoms with Crippen molar-refractivity contribution in [2.75, 3.05) is 13.7 Å².